The van der Waals surface area contributed by atoms with E-state index in [0.717, 1.165) is 12.8 Å². The topological polar surface area (TPSA) is 59.4 Å². The fourth-order valence-corrected chi connectivity index (χ4v) is 1.28. The van der Waals surface area contributed by atoms with Crippen LogP contribution in [0.2, 0.25) is 5.15 Å². The maximum absolute atomic E-state index is 10.7. The van der Waals surface area contributed by atoms with Gasteiger partial charge in [0.2, 0.25) is 5.88 Å². The van der Waals surface area contributed by atoms with Crippen LogP contribution in [0.1, 0.15) is 23.2 Å². The van der Waals surface area contributed by atoms with Gasteiger partial charge in [-0.3, -0.25) is 0 Å². The number of hydrogen-bond acceptors (Lipinski definition) is 3. The average molecular weight is 242 g/mol. The molecule has 0 amide bonds. The molecule has 1 rings (SSSR count). The fraction of sp³-hybridized carbons (Fsp3) is 0.273. The van der Waals surface area contributed by atoms with Crippen molar-refractivity contribution in [1.29, 1.82) is 0 Å². The Bertz CT molecular complexity index is 393. The lowest BCUT2D eigenvalue weighted by atomic mass is 10.3. The van der Waals surface area contributed by atoms with Gasteiger partial charge in [-0.2, -0.15) is 0 Å². The first-order valence-corrected chi connectivity index (χ1v) is 5.16. The summed E-state index contributed by atoms with van der Waals surface area (Å²) >= 11 is 5.66. The van der Waals surface area contributed by atoms with Crippen molar-refractivity contribution in [3.63, 3.8) is 0 Å². The van der Waals surface area contributed by atoms with E-state index in [2.05, 4.69) is 11.6 Å². The molecule has 1 N–H and O–H groups in total. The standard InChI is InChI=1S/C11H12ClNO3/c1-2-3-4-5-16-10-7-8(11(14)15)6-9(12)13-10/h2,6-7H,1,3-5H2,(H,14,15). The minimum Gasteiger partial charge on any atom is -0.478 e. The molecule has 0 unspecified atom stereocenters. The van der Waals surface area contributed by atoms with E-state index >= 15 is 0 Å². The van der Waals surface area contributed by atoms with Crippen LogP contribution in [-0.2, 0) is 0 Å². The molecule has 0 atom stereocenters. The van der Waals surface area contributed by atoms with Gasteiger partial charge in [-0.25, -0.2) is 9.78 Å². The summed E-state index contributed by atoms with van der Waals surface area (Å²) < 4.78 is 5.27. The molecule has 4 nitrogen and oxygen atoms in total. The van der Waals surface area contributed by atoms with Gasteiger partial charge in [-0.1, -0.05) is 17.7 Å². The summed E-state index contributed by atoms with van der Waals surface area (Å²) in [5.74, 6) is -0.825. The van der Waals surface area contributed by atoms with Crippen molar-refractivity contribution in [3.05, 3.63) is 35.5 Å². The van der Waals surface area contributed by atoms with Gasteiger partial charge in [0, 0.05) is 6.07 Å². The van der Waals surface area contributed by atoms with Crippen molar-refractivity contribution >= 4 is 17.6 Å². The van der Waals surface area contributed by atoms with Gasteiger partial charge >= 0.3 is 5.97 Å². The maximum Gasteiger partial charge on any atom is 0.335 e. The van der Waals surface area contributed by atoms with Gasteiger partial charge < -0.3 is 9.84 Å². The summed E-state index contributed by atoms with van der Waals surface area (Å²) in [6, 6.07) is 2.63. The van der Waals surface area contributed by atoms with Gasteiger partial charge in [0.05, 0.1) is 12.2 Å². The predicted octanol–water partition coefficient (Wildman–Crippen LogP) is 2.78. The molecular weight excluding hydrogens is 230 g/mol. The lowest BCUT2D eigenvalue weighted by Crippen LogP contribution is -2.02. The molecule has 0 aliphatic carbocycles. The van der Waals surface area contributed by atoms with E-state index in [1.807, 2.05) is 0 Å². The minimum atomic E-state index is -1.06. The average Bonchev–Trinajstić information content (AvgIpc) is 2.23. The normalized spacial score (nSPS) is 9.81. The Hall–Kier alpha value is -1.55. The number of carbonyl (C=O) groups is 1. The van der Waals surface area contributed by atoms with E-state index in [9.17, 15) is 4.79 Å². The number of nitrogens with zero attached hydrogens (tertiary/aromatic N) is 1. The number of unbranched alkanes of at least 4 members (excludes halogenated alkanes) is 1. The summed E-state index contributed by atoms with van der Waals surface area (Å²) in [5, 5.41) is 8.90. The van der Waals surface area contributed by atoms with Gasteiger partial charge in [-0.05, 0) is 18.9 Å². The van der Waals surface area contributed by atoms with Gasteiger partial charge in [0.15, 0.2) is 0 Å². The van der Waals surface area contributed by atoms with E-state index in [-0.39, 0.29) is 16.6 Å². The molecule has 1 heterocycles. The van der Waals surface area contributed by atoms with Crippen LogP contribution >= 0.6 is 11.6 Å². The van der Waals surface area contributed by atoms with Gasteiger partial charge in [0.25, 0.3) is 0 Å². The number of carboxylic acid groups (broad SMARTS) is 1. The third kappa shape index (κ3) is 3.90. The Balaban J connectivity index is 2.65. The number of halogens is 1. The number of pyridine rings is 1. The lowest BCUT2D eigenvalue weighted by Gasteiger charge is -2.05. The fourth-order valence-electron chi connectivity index (χ4n) is 1.07. The second-order valence-corrected chi connectivity index (χ2v) is 3.49. The molecule has 86 valence electrons. The van der Waals surface area contributed by atoms with E-state index in [1.54, 1.807) is 6.08 Å². The van der Waals surface area contributed by atoms with Gasteiger partial charge in [-0.15, -0.1) is 6.58 Å². The molecule has 0 aliphatic heterocycles. The first-order chi connectivity index (χ1) is 7.63. The van der Waals surface area contributed by atoms with Crippen LogP contribution in [0.25, 0.3) is 0 Å². The molecule has 1 aromatic heterocycles. The monoisotopic (exact) mass is 241 g/mol. The molecule has 0 fully saturated rings. The molecule has 0 spiro atoms. The van der Waals surface area contributed by atoms with Crippen molar-refractivity contribution in [2.75, 3.05) is 6.61 Å². The lowest BCUT2D eigenvalue weighted by molar-refractivity contribution is 0.0696. The summed E-state index contributed by atoms with van der Waals surface area (Å²) in [4.78, 5) is 14.6. The Morgan fingerprint density at radius 1 is 1.62 bits per heavy atom. The quantitative estimate of drug-likeness (QED) is 0.473. The second-order valence-electron chi connectivity index (χ2n) is 3.10. The van der Waals surface area contributed by atoms with E-state index < -0.39 is 5.97 Å². The van der Waals surface area contributed by atoms with E-state index in [4.69, 9.17) is 21.4 Å². The van der Waals surface area contributed by atoms with Crippen molar-refractivity contribution in [2.24, 2.45) is 0 Å². The highest BCUT2D eigenvalue weighted by atomic mass is 35.5. The molecule has 0 aromatic carbocycles. The largest absolute Gasteiger partial charge is 0.478 e. The van der Waals surface area contributed by atoms with E-state index in [1.165, 1.54) is 12.1 Å². The van der Waals surface area contributed by atoms with Crippen LogP contribution < -0.4 is 4.74 Å². The van der Waals surface area contributed by atoms with E-state index in [0.29, 0.717) is 6.61 Å². The Labute approximate surface area is 98.5 Å². The molecule has 1 aromatic rings. The van der Waals surface area contributed by atoms with Gasteiger partial charge in [0.1, 0.15) is 5.15 Å². The summed E-state index contributed by atoms with van der Waals surface area (Å²) in [5.41, 5.74) is 0.0683. The third-order valence-electron chi connectivity index (χ3n) is 1.82. The van der Waals surface area contributed by atoms with Crippen LogP contribution in [0.5, 0.6) is 5.88 Å². The van der Waals surface area contributed by atoms with Crippen molar-refractivity contribution in [1.82, 2.24) is 4.98 Å². The zero-order chi connectivity index (χ0) is 12.0. The summed E-state index contributed by atoms with van der Waals surface area (Å²) in [6.45, 7) is 4.04. The second kappa shape index (κ2) is 6.12. The van der Waals surface area contributed by atoms with Crippen molar-refractivity contribution in [2.45, 2.75) is 12.8 Å². The molecule has 0 aliphatic rings. The smallest absolute Gasteiger partial charge is 0.335 e. The van der Waals surface area contributed by atoms with Crippen LogP contribution in [-0.4, -0.2) is 22.7 Å². The number of ether oxygens (including phenoxy) is 1. The molecule has 0 saturated heterocycles. The highest BCUT2D eigenvalue weighted by Gasteiger charge is 2.07. The summed E-state index contributed by atoms with van der Waals surface area (Å²) in [7, 11) is 0. The SMILES string of the molecule is C=CCCCOc1cc(C(=O)O)cc(Cl)n1. The van der Waals surface area contributed by atoms with Crippen molar-refractivity contribution < 1.29 is 14.6 Å². The van der Waals surface area contributed by atoms with Crippen molar-refractivity contribution in [3.8, 4) is 5.88 Å². The Morgan fingerprint density at radius 2 is 2.38 bits per heavy atom. The molecule has 16 heavy (non-hydrogen) atoms. The first kappa shape index (κ1) is 12.5. The molecule has 0 radical (unpaired) electrons. The number of aromatic nitrogens is 1. The third-order valence-corrected chi connectivity index (χ3v) is 2.01. The Morgan fingerprint density at radius 3 is 3.00 bits per heavy atom. The molecule has 0 bridgehead atoms. The Kier molecular flexibility index (Phi) is 4.79. The first-order valence-electron chi connectivity index (χ1n) is 4.78. The highest BCUT2D eigenvalue weighted by Crippen LogP contribution is 2.16. The number of allylic oxidation sites excluding steroid dienone is 1. The van der Waals surface area contributed by atoms with Crippen LogP contribution in [0, 0.1) is 0 Å². The number of carboxylic acids is 1. The summed E-state index contributed by atoms with van der Waals surface area (Å²) in [6.07, 6.45) is 3.43. The maximum atomic E-state index is 10.7. The van der Waals surface area contributed by atoms with Crippen LogP contribution in [0.3, 0.4) is 0 Å². The number of hydrogen-bond donors (Lipinski definition) is 1. The van der Waals surface area contributed by atoms with Crippen LogP contribution in [0.15, 0.2) is 24.8 Å². The molecular formula is C11H12ClNO3. The zero-order valence-corrected chi connectivity index (χ0v) is 9.41. The number of rotatable bonds is 6. The minimum absolute atomic E-state index is 0.0683. The molecule has 5 heteroatoms. The predicted molar refractivity (Wildman–Crippen MR) is 61.1 cm³/mol. The zero-order valence-electron chi connectivity index (χ0n) is 8.65. The highest BCUT2D eigenvalue weighted by molar-refractivity contribution is 6.29. The number of aromatic carboxylic acids is 1. The molecule has 0 saturated carbocycles. The van der Waals surface area contributed by atoms with Crippen LogP contribution in [0.4, 0.5) is 0 Å².